The Labute approximate surface area is 168 Å². The molecule has 0 saturated heterocycles. The van der Waals surface area contributed by atoms with E-state index >= 15 is 0 Å². The lowest BCUT2D eigenvalue weighted by Crippen LogP contribution is -2.39. The first-order valence-electron chi connectivity index (χ1n) is 8.68. The number of aromatic nitrogens is 6. The van der Waals surface area contributed by atoms with Crippen molar-refractivity contribution >= 4 is 23.2 Å². The monoisotopic (exact) mass is 417 g/mol. The van der Waals surface area contributed by atoms with Gasteiger partial charge >= 0.3 is 0 Å². The van der Waals surface area contributed by atoms with E-state index in [9.17, 15) is 14.7 Å². The van der Waals surface area contributed by atoms with Crippen molar-refractivity contribution in [3.63, 3.8) is 0 Å². The Morgan fingerprint density at radius 3 is 2.83 bits per heavy atom. The van der Waals surface area contributed by atoms with E-state index in [0.717, 1.165) is 0 Å². The second-order valence-corrected chi connectivity index (χ2v) is 6.87. The van der Waals surface area contributed by atoms with Crippen LogP contribution in [0.5, 0.6) is 5.88 Å². The molecule has 0 radical (unpaired) electrons. The first-order chi connectivity index (χ1) is 13.9. The van der Waals surface area contributed by atoms with Gasteiger partial charge in [-0.3, -0.25) is 14.2 Å². The van der Waals surface area contributed by atoms with Gasteiger partial charge in [0.1, 0.15) is 12.4 Å². The molecule has 0 aliphatic carbocycles. The van der Waals surface area contributed by atoms with E-state index < -0.39 is 23.7 Å². The van der Waals surface area contributed by atoms with Gasteiger partial charge in [-0.1, -0.05) is 23.7 Å². The summed E-state index contributed by atoms with van der Waals surface area (Å²) < 4.78 is 6.54. The molecule has 12 heteroatoms. The van der Waals surface area contributed by atoms with Crippen LogP contribution in [-0.4, -0.2) is 46.9 Å². The maximum absolute atomic E-state index is 12.6. The molecule has 0 spiro atoms. The molecule has 11 nitrogen and oxygen atoms in total. The summed E-state index contributed by atoms with van der Waals surface area (Å²) in [4.78, 5) is 29.6. The lowest BCUT2D eigenvalue weighted by atomic mass is 10.1. The molecule has 0 bridgehead atoms. The molecule has 0 saturated carbocycles. The van der Waals surface area contributed by atoms with Crippen molar-refractivity contribution in [3.05, 3.63) is 57.4 Å². The maximum Gasteiger partial charge on any atom is 0.281 e. The van der Waals surface area contributed by atoms with Crippen LogP contribution >= 0.6 is 11.6 Å². The Morgan fingerprint density at radius 2 is 2.07 bits per heavy atom. The fourth-order valence-electron chi connectivity index (χ4n) is 2.74. The van der Waals surface area contributed by atoms with Crippen molar-refractivity contribution in [3.8, 4) is 5.88 Å². The summed E-state index contributed by atoms with van der Waals surface area (Å²) >= 11 is 5.84. The number of hydrogen-bond acceptors (Lipinski definition) is 8. The Kier molecular flexibility index (Phi) is 4.99. The molecule has 4 rings (SSSR count). The third-order valence-electron chi connectivity index (χ3n) is 4.31. The van der Waals surface area contributed by atoms with Crippen molar-refractivity contribution in [1.82, 2.24) is 29.8 Å². The summed E-state index contributed by atoms with van der Waals surface area (Å²) in [5, 5.41) is 25.3. The van der Waals surface area contributed by atoms with Crippen molar-refractivity contribution < 1.29 is 14.6 Å². The minimum atomic E-state index is -0.850. The van der Waals surface area contributed by atoms with E-state index in [-0.39, 0.29) is 30.5 Å². The van der Waals surface area contributed by atoms with Crippen LogP contribution in [-0.2, 0) is 17.9 Å². The number of nitrogens with zero attached hydrogens (tertiary/aromatic N) is 6. The van der Waals surface area contributed by atoms with Crippen LogP contribution in [0.1, 0.15) is 24.4 Å². The minimum absolute atomic E-state index is 0.0123. The SMILES string of the molecule is CC1Oc2ncn(Cc3nnn(C[C@H](O)c4ccc(Cl)cc4)n3)c(=O)c2NC1=O. The number of halogens is 1. The van der Waals surface area contributed by atoms with Crippen LogP contribution < -0.4 is 15.6 Å². The summed E-state index contributed by atoms with van der Waals surface area (Å²) in [6, 6.07) is 6.78. The molecular weight excluding hydrogens is 402 g/mol. The first-order valence-corrected chi connectivity index (χ1v) is 9.05. The molecule has 1 unspecified atom stereocenters. The van der Waals surface area contributed by atoms with Crippen molar-refractivity contribution in [2.24, 2.45) is 0 Å². The Bertz CT molecular complexity index is 1110. The largest absolute Gasteiger partial charge is 0.463 e. The highest BCUT2D eigenvalue weighted by Gasteiger charge is 2.27. The van der Waals surface area contributed by atoms with Gasteiger partial charge in [-0.15, -0.1) is 10.2 Å². The van der Waals surface area contributed by atoms with Gasteiger partial charge in [-0.2, -0.15) is 4.80 Å². The predicted octanol–water partition coefficient (Wildman–Crippen LogP) is 0.384. The molecule has 1 aliphatic rings. The zero-order valence-electron chi connectivity index (χ0n) is 15.2. The number of ether oxygens (including phenoxy) is 1. The molecule has 3 heterocycles. The van der Waals surface area contributed by atoms with Crippen LogP contribution in [0.3, 0.4) is 0 Å². The van der Waals surface area contributed by atoms with E-state index in [1.54, 1.807) is 31.2 Å². The van der Waals surface area contributed by atoms with Gasteiger partial charge in [-0.25, -0.2) is 4.98 Å². The zero-order valence-corrected chi connectivity index (χ0v) is 15.9. The fourth-order valence-corrected chi connectivity index (χ4v) is 2.87. The van der Waals surface area contributed by atoms with Crippen molar-refractivity contribution in [2.75, 3.05) is 5.32 Å². The normalized spacial score (nSPS) is 16.7. The number of amides is 1. The minimum Gasteiger partial charge on any atom is -0.463 e. The highest BCUT2D eigenvalue weighted by molar-refractivity contribution is 6.30. The third-order valence-corrected chi connectivity index (χ3v) is 4.56. The molecule has 2 aromatic heterocycles. The van der Waals surface area contributed by atoms with E-state index in [1.807, 2.05) is 0 Å². The van der Waals surface area contributed by atoms with E-state index in [4.69, 9.17) is 16.3 Å². The molecular formula is C17H16ClN7O4. The summed E-state index contributed by atoms with van der Waals surface area (Å²) in [5.74, 6) is -0.107. The van der Waals surface area contributed by atoms with Gasteiger partial charge in [0.05, 0.1) is 13.1 Å². The Morgan fingerprint density at radius 1 is 1.31 bits per heavy atom. The average Bonchev–Trinajstić information content (AvgIpc) is 3.13. The number of anilines is 1. The Hall–Kier alpha value is -3.31. The first kappa shape index (κ1) is 19.0. The molecule has 29 heavy (non-hydrogen) atoms. The number of aliphatic hydroxyl groups excluding tert-OH is 1. The lowest BCUT2D eigenvalue weighted by molar-refractivity contribution is -0.122. The van der Waals surface area contributed by atoms with Gasteiger partial charge < -0.3 is 15.2 Å². The number of nitrogens with one attached hydrogen (secondary N) is 1. The Balaban J connectivity index is 1.48. The number of tetrazole rings is 1. The van der Waals surface area contributed by atoms with Crippen molar-refractivity contribution in [1.29, 1.82) is 0 Å². The molecule has 1 aliphatic heterocycles. The van der Waals surface area contributed by atoms with Gasteiger partial charge in [0.2, 0.25) is 5.88 Å². The molecule has 2 N–H and O–H groups in total. The van der Waals surface area contributed by atoms with Crippen LogP contribution in [0.4, 0.5) is 5.69 Å². The lowest BCUT2D eigenvalue weighted by Gasteiger charge is -2.21. The quantitative estimate of drug-likeness (QED) is 0.608. The van der Waals surface area contributed by atoms with Gasteiger partial charge in [0.25, 0.3) is 11.5 Å². The fraction of sp³-hybridized carbons (Fsp3) is 0.294. The van der Waals surface area contributed by atoms with Crippen LogP contribution in [0.25, 0.3) is 0 Å². The number of carbonyl (C=O) groups excluding carboxylic acids is 1. The molecule has 0 fully saturated rings. The number of benzene rings is 1. The number of hydrogen-bond donors (Lipinski definition) is 2. The highest BCUT2D eigenvalue weighted by Crippen LogP contribution is 2.22. The number of aliphatic hydroxyl groups is 1. The predicted molar refractivity (Wildman–Crippen MR) is 101 cm³/mol. The topological polar surface area (TPSA) is 137 Å². The molecule has 3 aromatic rings. The summed E-state index contributed by atoms with van der Waals surface area (Å²) in [7, 11) is 0. The summed E-state index contributed by atoms with van der Waals surface area (Å²) in [5.41, 5.74) is 0.141. The highest BCUT2D eigenvalue weighted by atomic mass is 35.5. The van der Waals surface area contributed by atoms with Crippen LogP contribution in [0.2, 0.25) is 5.02 Å². The van der Waals surface area contributed by atoms with Crippen LogP contribution in [0, 0.1) is 0 Å². The second-order valence-electron chi connectivity index (χ2n) is 6.43. The molecule has 1 aromatic carbocycles. The van der Waals surface area contributed by atoms with E-state index in [1.165, 1.54) is 15.7 Å². The molecule has 2 atom stereocenters. The molecule has 150 valence electrons. The van der Waals surface area contributed by atoms with Crippen molar-refractivity contribution in [2.45, 2.75) is 32.2 Å². The number of rotatable bonds is 5. The van der Waals surface area contributed by atoms with Crippen LogP contribution in [0.15, 0.2) is 35.4 Å². The number of carbonyl (C=O) groups is 1. The summed E-state index contributed by atoms with van der Waals surface area (Å²) in [6.45, 7) is 1.63. The van der Waals surface area contributed by atoms with Gasteiger partial charge in [0.15, 0.2) is 17.6 Å². The summed E-state index contributed by atoms with van der Waals surface area (Å²) in [6.07, 6.45) is -0.287. The second kappa shape index (κ2) is 7.60. The standard InChI is InChI=1S/C17H16ClN7O4/c1-9-15(27)20-14-16(29-9)19-8-24(17(14)28)7-13-21-23-25(22-13)6-12(26)10-2-4-11(18)5-3-10/h2-5,8-9,12,26H,6-7H2,1H3,(H,20,27)/t9?,12-/m0/s1. The molecule has 1 amide bonds. The van der Waals surface area contributed by atoms with Gasteiger partial charge in [0, 0.05) is 5.02 Å². The van der Waals surface area contributed by atoms with E-state index in [2.05, 4.69) is 25.7 Å². The number of fused-ring (bicyclic) bond motifs is 1. The maximum atomic E-state index is 12.6. The zero-order chi connectivity index (χ0) is 20.5. The average molecular weight is 418 g/mol. The third kappa shape index (κ3) is 3.96. The van der Waals surface area contributed by atoms with Gasteiger partial charge in [-0.05, 0) is 29.8 Å². The smallest absolute Gasteiger partial charge is 0.281 e. The van der Waals surface area contributed by atoms with E-state index in [0.29, 0.717) is 10.6 Å².